The van der Waals surface area contributed by atoms with Gasteiger partial charge in [0.15, 0.2) is 0 Å². The molecular weight excluding hydrogens is 244 g/mol. The lowest BCUT2D eigenvalue weighted by atomic mass is 10.1. The molecule has 0 saturated carbocycles. The van der Waals surface area contributed by atoms with Crippen LogP contribution in [0.3, 0.4) is 0 Å². The lowest BCUT2D eigenvalue weighted by Crippen LogP contribution is -2.33. The van der Waals surface area contributed by atoms with Gasteiger partial charge in [0.2, 0.25) is 0 Å². The normalized spacial score (nSPS) is 14.4. The summed E-state index contributed by atoms with van der Waals surface area (Å²) in [4.78, 5) is 14.7. The number of hydrogen-bond donors (Lipinski definition) is 4. The Morgan fingerprint density at radius 1 is 1.44 bits per heavy atom. The lowest BCUT2D eigenvalue weighted by molar-refractivity contribution is -0.0404. The molecule has 0 aliphatic heterocycles. The standard InChI is InChI=1S/C9H16N4O5/c10-8-1-11-13(9(17)12-8)5-18-4-6(2-14)7(16)3-15/h1,6-7,14-16H,2-5H2,(H2,10,12,17)/t6-,7+/m0/s1. The Balaban J connectivity index is 2.48. The Hall–Kier alpha value is -1.55. The summed E-state index contributed by atoms with van der Waals surface area (Å²) in [7, 11) is 0. The Morgan fingerprint density at radius 2 is 2.17 bits per heavy atom. The van der Waals surface area contributed by atoms with Crippen molar-refractivity contribution in [1.29, 1.82) is 0 Å². The molecule has 0 spiro atoms. The van der Waals surface area contributed by atoms with Crippen LogP contribution in [0.15, 0.2) is 11.0 Å². The van der Waals surface area contributed by atoms with Crippen LogP contribution in [0.1, 0.15) is 0 Å². The van der Waals surface area contributed by atoms with Crippen molar-refractivity contribution in [1.82, 2.24) is 14.8 Å². The molecule has 0 fully saturated rings. The first kappa shape index (κ1) is 14.5. The Morgan fingerprint density at radius 3 is 2.72 bits per heavy atom. The van der Waals surface area contributed by atoms with Gasteiger partial charge in [0.1, 0.15) is 12.5 Å². The fraction of sp³-hybridized carbons (Fsp3) is 0.667. The maximum atomic E-state index is 11.3. The van der Waals surface area contributed by atoms with Gasteiger partial charge in [0.25, 0.3) is 0 Å². The minimum absolute atomic E-state index is 0.0141. The topological polar surface area (TPSA) is 144 Å². The van der Waals surface area contributed by atoms with Crippen LogP contribution in [0.4, 0.5) is 5.82 Å². The first-order chi connectivity index (χ1) is 8.58. The van der Waals surface area contributed by atoms with Crippen molar-refractivity contribution in [2.45, 2.75) is 12.8 Å². The molecule has 102 valence electrons. The molecule has 2 atom stereocenters. The number of hydrogen-bond acceptors (Lipinski definition) is 8. The molecule has 1 aromatic heterocycles. The van der Waals surface area contributed by atoms with Crippen LogP contribution < -0.4 is 11.4 Å². The summed E-state index contributed by atoms with van der Waals surface area (Å²) in [6.07, 6.45) is 0.126. The van der Waals surface area contributed by atoms with Crippen molar-refractivity contribution in [2.75, 3.05) is 25.6 Å². The second-order valence-electron chi connectivity index (χ2n) is 3.66. The van der Waals surface area contributed by atoms with Gasteiger partial charge in [-0.25, -0.2) is 4.79 Å². The van der Waals surface area contributed by atoms with Crippen molar-refractivity contribution >= 4 is 5.82 Å². The summed E-state index contributed by atoms with van der Waals surface area (Å²) < 4.78 is 6.05. The number of aromatic nitrogens is 3. The molecule has 0 unspecified atom stereocenters. The average molecular weight is 260 g/mol. The number of aliphatic hydroxyl groups excluding tert-OH is 3. The zero-order chi connectivity index (χ0) is 13.5. The fourth-order valence-corrected chi connectivity index (χ4v) is 1.19. The molecule has 0 bridgehead atoms. The van der Waals surface area contributed by atoms with E-state index in [0.29, 0.717) is 0 Å². The van der Waals surface area contributed by atoms with Crippen molar-refractivity contribution in [3.63, 3.8) is 0 Å². The molecule has 0 aliphatic rings. The predicted octanol–water partition coefficient (Wildman–Crippen LogP) is -2.84. The number of nitrogens with two attached hydrogens (primary N) is 1. The number of nitrogen functional groups attached to an aromatic ring is 1. The minimum Gasteiger partial charge on any atom is -0.396 e. The molecular formula is C9H16N4O5. The molecule has 1 rings (SSSR count). The second-order valence-corrected chi connectivity index (χ2v) is 3.66. The molecule has 9 nitrogen and oxygen atoms in total. The van der Waals surface area contributed by atoms with E-state index in [2.05, 4.69) is 10.1 Å². The molecule has 0 saturated heterocycles. The Labute approximate surface area is 102 Å². The van der Waals surface area contributed by atoms with E-state index in [1.54, 1.807) is 0 Å². The minimum atomic E-state index is -1.08. The van der Waals surface area contributed by atoms with Crippen LogP contribution in [-0.2, 0) is 11.5 Å². The van der Waals surface area contributed by atoms with E-state index in [1.165, 1.54) is 6.20 Å². The van der Waals surface area contributed by atoms with Crippen LogP contribution in [-0.4, -0.2) is 56.0 Å². The van der Waals surface area contributed by atoms with Gasteiger partial charge >= 0.3 is 5.69 Å². The van der Waals surface area contributed by atoms with E-state index in [4.69, 9.17) is 20.7 Å². The van der Waals surface area contributed by atoms with E-state index in [1.807, 2.05) is 0 Å². The highest BCUT2D eigenvalue weighted by molar-refractivity contribution is 5.19. The third kappa shape index (κ3) is 4.04. The highest BCUT2D eigenvalue weighted by atomic mass is 16.5. The number of anilines is 1. The first-order valence-corrected chi connectivity index (χ1v) is 5.25. The van der Waals surface area contributed by atoms with Gasteiger partial charge in [-0.15, -0.1) is 0 Å². The van der Waals surface area contributed by atoms with Crippen LogP contribution >= 0.6 is 0 Å². The quantitative estimate of drug-likeness (QED) is 0.410. The van der Waals surface area contributed by atoms with Gasteiger partial charge in [-0.2, -0.15) is 14.8 Å². The Bertz CT molecular complexity index is 424. The molecule has 1 aromatic rings. The van der Waals surface area contributed by atoms with Crippen LogP contribution in [0, 0.1) is 5.92 Å². The number of rotatable bonds is 7. The van der Waals surface area contributed by atoms with Gasteiger partial charge in [-0.1, -0.05) is 0 Å². The van der Waals surface area contributed by atoms with Crippen molar-refractivity contribution in [2.24, 2.45) is 5.92 Å². The summed E-state index contributed by atoms with van der Waals surface area (Å²) >= 11 is 0. The molecule has 0 amide bonds. The maximum absolute atomic E-state index is 11.3. The first-order valence-electron chi connectivity index (χ1n) is 5.25. The number of ether oxygens (including phenoxy) is 1. The van der Waals surface area contributed by atoms with Crippen LogP contribution in [0.5, 0.6) is 0 Å². The summed E-state index contributed by atoms with van der Waals surface area (Å²) in [5.41, 5.74) is 4.61. The third-order valence-electron chi connectivity index (χ3n) is 2.29. The monoisotopic (exact) mass is 260 g/mol. The van der Waals surface area contributed by atoms with Crippen molar-refractivity contribution in [3.05, 3.63) is 16.7 Å². The van der Waals surface area contributed by atoms with Crippen LogP contribution in [0.25, 0.3) is 0 Å². The number of aliphatic hydroxyl groups is 3. The number of nitrogens with zero attached hydrogens (tertiary/aromatic N) is 3. The highest BCUT2D eigenvalue weighted by Gasteiger charge is 2.17. The summed E-state index contributed by atoms with van der Waals surface area (Å²) in [6, 6.07) is 0. The Kier molecular flexibility index (Phi) is 5.65. The third-order valence-corrected chi connectivity index (χ3v) is 2.29. The van der Waals surface area contributed by atoms with E-state index in [0.717, 1.165) is 4.68 Å². The second kappa shape index (κ2) is 7.01. The molecule has 0 aromatic carbocycles. The van der Waals surface area contributed by atoms with Crippen molar-refractivity contribution < 1.29 is 20.1 Å². The highest BCUT2D eigenvalue weighted by Crippen LogP contribution is 2.03. The molecule has 1 heterocycles. The molecule has 0 radical (unpaired) electrons. The van der Waals surface area contributed by atoms with Gasteiger partial charge < -0.3 is 25.8 Å². The molecule has 0 aliphatic carbocycles. The average Bonchev–Trinajstić information content (AvgIpc) is 2.36. The maximum Gasteiger partial charge on any atom is 0.368 e. The zero-order valence-corrected chi connectivity index (χ0v) is 9.64. The van der Waals surface area contributed by atoms with E-state index in [9.17, 15) is 9.90 Å². The summed E-state index contributed by atoms with van der Waals surface area (Å²) in [6.45, 7) is -1.03. The molecule has 9 heteroatoms. The summed E-state index contributed by atoms with van der Waals surface area (Å²) in [5, 5.41) is 30.7. The van der Waals surface area contributed by atoms with E-state index < -0.39 is 24.3 Å². The van der Waals surface area contributed by atoms with Gasteiger partial charge in [-0.3, -0.25) is 0 Å². The van der Waals surface area contributed by atoms with E-state index >= 15 is 0 Å². The lowest BCUT2D eigenvalue weighted by Gasteiger charge is -2.18. The van der Waals surface area contributed by atoms with Gasteiger partial charge in [-0.05, 0) is 0 Å². The van der Waals surface area contributed by atoms with E-state index in [-0.39, 0.29) is 25.8 Å². The molecule has 18 heavy (non-hydrogen) atoms. The van der Waals surface area contributed by atoms with Crippen LogP contribution in [0.2, 0.25) is 0 Å². The summed E-state index contributed by atoms with van der Waals surface area (Å²) in [5.74, 6) is -0.618. The molecule has 5 N–H and O–H groups in total. The fourth-order valence-electron chi connectivity index (χ4n) is 1.19. The smallest absolute Gasteiger partial charge is 0.368 e. The largest absolute Gasteiger partial charge is 0.396 e. The van der Waals surface area contributed by atoms with Gasteiger partial charge in [0, 0.05) is 5.92 Å². The zero-order valence-electron chi connectivity index (χ0n) is 9.64. The van der Waals surface area contributed by atoms with Gasteiger partial charge in [0.05, 0.1) is 32.1 Å². The SMILES string of the molecule is Nc1cnn(COC[C@H](CO)[C@H](O)CO)c(=O)n1. The predicted molar refractivity (Wildman–Crippen MR) is 60.3 cm³/mol. The van der Waals surface area contributed by atoms with Crippen molar-refractivity contribution in [3.8, 4) is 0 Å².